The van der Waals surface area contributed by atoms with E-state index < -0.39 is 11.9 Å². The minimum absolute atomic E-state index is 0. The predicted molar refractivity (Wildman–Crippen MR) is 112 cm³/mol. The van der Waals surface area contributed by atoms with Gasteiger partial charge in [-0.1, -0.05) is 18.2 Å². The average molecular weight is 514 g/mol. The normalized spacial score (nSPS) is 11.7. The summed E-state index contributed by atoms with van der Waals surface area (Å²) < 4.78 is 43.1. The first-order valence-electron chi connectivity index (χ1n) is 7.90. The van der Waals surface area contributed by atoms with Crippen LogP contribution in [0, 0.1) is 0 Å². The average Bonchev–Trinajstić information content (AvgIpc) is 3.08. The molecule has 2 rings (SSSR count). The topological polar surface area (TPSA) is 49.8 Å². The third-order valence-corrected chi connectivity index (χ3v) is 4.55. The number of ether oxygens (including phenoxy) is 1. The monoisotopic (exact) mass is 514 g/mol. The highest BCUT2D eigenvalue weighted by atomic mass is 127. The Morgan fingerprint density at radius 1 is 1.33 bits per heavy atom. The van der Waals surface area contributed by atoms with Gasteiger partial charge in [-0.05, 0) is 6.07 Å². The molecule has 0 saturated carbocycles. The molecule has 0 amide bonds. The van der Waals surface area contributed by atoms with Crippen molar-refractivity contribution in [1.29, 1.82) is 0 Å². The number of thiazole rings is 1. The van der Waals surface area contributed by atoms with E-state index in [1.165, 1.54) is 0 Å². The van der Waals surface area contributed by atoms with E-state index in [0.717, 1.165) is 28.0 Å². The summed E-state index contributed by atoms with van der Waals surface area (Å²) in [4.78, 5) is 9.75. The maximum Gasteiger partial charge on any atom is 0.434 e. The summed E-state index contributed by atoms with van der Waals surface area (Å²) >= 11 is 1.01. The van der Waals surface area contributed by atoms with Gasteiger partial charge >= 0.3 is 6.18 Å². The number of methoxy groups -OCH3 is 1. The number of guanidine groups is 1. The third kappa shape index (κ3) is 6.83. The predicted octanol–water partition coefficient (Wildman–Crippen LogP) is 4.04. The number of nitrogens with one attached hydrogen (secondary N) is 1. The van der Waals surface area contributed by atoms with Crippen LogP contribution >= 0.6 is 35.3 Å². The van der Waals surface area contributed by atoms with Gasteiger partial charge in [-0.3, -0.25) is 4.99 Å². The van der Waals surface area contributed by atoms with Crippen LogP contribution in [0.15, 0.2) is 34.6 Å². The Morgan fingerprint density at radius 2 is 2.04 bits per heavy atom. The van der Waals surface area contributed by atoms with Crippen LogP contribution in [-0.2, 0) is 19.1 Å². The van der Waals surface area contributed by atoms with Crippen LogP contribution in [0.3, 0.4) is 0 Å². The van der Waals surface area contributed by atoms with Gasteiger partial charge in [-0.15, -0.1) is 35.3 Å². The smallest absolute Gasteiger partial charge is 0.434 e. The van der Waals surface area contributed by atoms with Crippen LogP contribution in [0.1, 0.15) is 16.3 Å². The summed E-state index contributed by atoms with van der Waals surface area (Å²) in [6.07, 6.45) is -4.00. The summed E-state index contributed by atoms with van der Waals surface area (Å²) in [6.45, 7) is 1.02. The zero-order chi connectivity index (χ0) is 19.2. The molecular weight excluding hydrogens is 492 g/mol. The van der Waals surface area contributed by atoms with Crippen molar-refractivity contribution in [2.75, 3.05) is 27.7 Å². The number of rotatable bonds is 6. The molecule has 1 aromatic carbocycles. The standard InChI is InChI=1S/C17H21F3N4OS.HI/c1-21-16(24(2)10-12-6-4-5-7-13(12)25-3)22-9-8-15-23-14(11-26-15)17(18,19)20;/h4-7,11H,8-10H2,1-3H3,(H,21,22);1H. The molecule has 0 radical (unpaired) electrons. The Kier molecular flexibility index (Phi) is 9.30. The van der Waals surface area contributed by atoms with E-state index in [1.54, 1.807) is 14.2 Å². The second-order valence-electron chi connectivity index (χ2n) is 5.52. The molecule has 1 aromatic heterocycles. The number of benzene rings is 1. The molecule has 10 heteroatoms. The third-order valence-electron chi connectivity index (χ3n) is 3.64. The first kappa shape index (κ1) is 23.5. The van der Waals surface area contributed by atoms with Gasteiger partial charge in [0.15, 0.2) is 11.7 Å². The number of aromatic nitrogens is 1. The molecule has 0 saturated heterocycles. The second kappa shape index (κ2) is 10.7. The zero-order valence-electron chi connectivity index (χ0n) is 15.2. The van der Waals surface area contributed by atoms with Gasteiger partial charge in [0.05, 0.1) is 12.1 Å². The lowest BCUT2D eigenvalue weighted by atomic mass is 10.2. The van der Waals surface area contributed by atoms with Crippen molar-refractivity contribution in [2.45, 2.75) is 19.1 Å². The van der Waals surface area contributed by atoms with E-state index >= 15 is 0 Å². The highest BCUT2D eigenvalue weighted by Gasteiger charge is 2.33. The van der Waals surface area contributed by atoms with Gasteiger partial charge in [0, 0.05) is 44.5 Å². The highest BCUT2D eigenvalue weighted by Crippen LogP contribution is 2.30. The van der Waals surface area contributed by atoms with E-state index in [0.29, 0.717) is 30.5 Å². The van der Waals surface area contributed by atoms with E-state index in [1.807, 2.05) is 36.2 Å². The Morgan fingerprint density at radius 3 is 2.63 bits per heavy atom. The molecule has 0 aliphatic carbocycles. The molecule has 0 bridgehead atoms. The van der Waals surface area contributed by atoms with Gasteiger partial charge in [-0.25, -0.2) is 4.98 Å². The Balaban J connectivity index is 0.00000364. The highest BCUT2D eigenvalue weighted by molar-refractivity contribution is 14.0. The van der Waals surface area contributed by atoms with Crippen LogP contribution in [0.4, 0.5) is 13.2 Å². The Labute approximate surface area is 177 Å². The molecule has 150 valence electrons. The fourth-order valence-electron chi connectivity index (χ4n) is 2.39. The van der Waals surface area contributed by atoms with E-state index in [4.69, 9.17) is 4.74 Å². The first-order valence-corrected chi connectivity index (χ1v) is 8.78. The molecular formula is C17H22F3IN4OS. The number of hydrogen-bond acceptors (Lipinski definition) is 4. The number of alkyl halides is 3. The van der Waals surface area contributed by atoms with Gasteiger partial charge in [0.2, 0.25) is 0 Å². The lowest BCUT2D eigenvalue weighted by Gasteiger charge is -2.23. The van der Waals surface area contributed by atoms with Crippen LogP contribution in [0.5, 0.6) is 5.75 Å². The summed E-state index contributed by atoms with van der Waals surface area (Å²) in [7, 11) is 5.16. The first-order chi connectivity index (χ1) is 12.3. The van der Waals surface area contributed by atoms with Crippen LogP contribution in [-0.4, -0.2) is 43.6 Å². The summed E-state index contributed by atoms with van der Waals surface area (Å²) in [5, 5.41) is 4.62. The molecule has 0 spiro atoms. The molecule has 0 atom stereocenters. The van der Waals surface area contributed by atoms with Crippen molar-refractivity contribution >= 4 is 41.3 Å². The molecule has 0 unspecified atom stereocenters. The zero-order valence-corrected chi connectivity index (χ0v) is 18.4. The maximum absolute atomic E-state index is 12.6. The van der Waals surface area contributed by atoms with Crippen LogP contribution in [0.2, 0.25) is 0 Å². The minimum atomic E-state index is -4.40. The van der Waals surface area contributed by atoms with Crippen molar-refractivity contribution in [1.82, 2.24) is 15.2 Å². The Hall–Kier alpha value is -1.56. The molecule has 0 aliphatic rings. The van der Waals surface area contributed by atoms with Crippen molar-refractivity contribution in [3.8, 4) is 5.75 Å². The molecule has 27 heavy (non-hydrogen) atoms. The van der Waals surface area contributed by atoms with Gasteiger partial charge in [0.1, 0.15) is 5.75 Å². The molecule has 2 aromatic rings. The second-order valence-corrected chi connectivity index (χ2v) is 6.46. The molecule has 5 nitrogen and oxygen atoms in total. The summed E-state index contributed by atoms with van der Waals surface area (Å²) in [5.41, 5.74) is 0.172. The van der Waals surface area contributed by atoms with Gasteiger partial charge < -0.3 is 15.0 Å². The maximum atomic E-state index is 12.6. The minimum Gasteiger partial charge on any atom is -0.496 e. The van der Waals surface area contributed by atoms with Crippen molar-refractivity contribution < 1.29 is 17.9 Å². The Bertz CT molecular complexity index is 752. The number of hydrogen-bond donors (Lipinski definition) is 1. The fourth-order valence-corrected chi connectivity index (χ4v) is 3.19. The molecule has 0 fully saturated rings. The van der Waals surface area contributed by atoms with Gasteiger partial charge in [0.25, 0.3) is 0 Å². The lowest BCUT2D eigenvalue weighted by molar-refractivity contribution is -0.140. The van der Waals surface area contributed by atoms with E-state index in [9.17, 15) is 13.2 Å². The summed E-state index contributed by atoms with van der Waals surface area (Å²) in [6, 6.07) is 7.69. The number of halogens is 4. The van der Waals surface area contributed by atoms with Gasteiger partial charge in [-0.2, -0.15) is 13.2 Å². The lowest BCUT2D eigenvalue weighted by Crippen LogP contribution is -2.39. The largest absolute Gasteiger partial charge is 0.496 e. The van der Waals surface area contributed by atoms with Crippen LogP contribution < -0.4 is 10.1 Å². The SMILES string of the molecule is CN=C(NCCc1nc(C(F)(F)F)cs1)N(C)Cc1ccccc1OC.I. The van der Waals surface area contributed by atoms with E-state index in [2.05, 4.69) is 15.3 Å². The number of para-hydroxylation sites is 1. The number of aliphatic imine (C=N–C) groups is 1. The van der Waals surface area contributed by atoms with Crippen molar-refractivity contribution in [3.63, 3.8) is 0 Å². The molecule has 1 heterocycles. The molecule has 1 N–H and O–H groups in total. The van der Waals surface area contributed by atoms with Crippen molar-refractivity contribution in [2.24, 2.45) is 4.99 Å². The van der Waals surface area contributed by atoms with Crippen molar-refractivity contribution in [3.05, 3.63) is 45.9 Å². The van der Waals surface area contributed by atoms with Crippen LogP contribution in [0.25, 0.3) is 0 Å². The molecule has 0 aliphatic heterocycles. The number of nitrogens with zero attached hydrogens (tertiary/aromatic N) is 3. The van der Waals surface area contributed by atoms with E-state index in [-0.39, 0.29) is 24.0 Å². The quantitative estimate of drug-likeness (QED) is 0.360. The summed E-state index contributed by atoms with van der Waals surface area (Å²) in [5.74, 6) is 1.43. The fraction of sp³-hybridized carbons (Fsp3) is 0.412.